The first-order valence-corrected chi connectivity index (χ1v) is 7.86. The van der Waals surface area contributed by atoms with Crippen LogP contribution in [0.4, 0.5) is 0 Å². The fourth-order valence-corrected chi connectivity index (χ4v) is 3.43. The van der Waals surface area contributed by atoms with Crippen LogP contribution in [0.3, 0.4) is 0 Å². The highest BCUT2D eigenvalue weighted by molar-refractivity contribution is 5.97. The minimum Gasteiger partial charge on any atom is -0.337 e. The number of H-pyrrole nitrogens is 1. The minimum atomic E-state index is 0.0996. The van der Waals surface area contributed by atoms with E-state index in [1.165, 1.54) is 0 Å². The standard InChI is InChI=1S/C15H20N6O/c22-15(11-1-2-13-14(9-11)18-19-17-13)21-6-3-12(10-21)20-7-4-16-5-8-20/h1-2,9,12,16H,3-8,10H2,(H,17,18,19). The van der Waals surface area contributed by atoms with Gasteiger partial charge in [0, 0.05) is 50.9 Å². The molecule has 4 rings (SSSR count). The number of amides is 1. The summed E-state index contributed by atoms with van der Waals surface area (Å²) < 4.78 is 0. The van der Waals surface area contributed by atoms with Gasteiger partial charge in [0.2, 0.25) is 0 Å². The molecule has 0 aliphatic carbocycles. The molecule has 0 saturated carbocycles. The quantitative estimate of drug-likeness (QED) is 0.821. The van der Waals surface area contributed by atoms with Gasteiger partial charge < -0.3 is 10.2 Å². The van der Waals surface area contributed by atoms with Crippen molar-refractivity contribution in [1.82, 2.24) is 30.5 Å². The van der Waals surface area contributed by atoms with Crippen molar-refractivity contribution >= 4 is 16.9 Å². The maximum atomic E-state index is 12.7. The van der Waals surface area contributed by atoms with Crippen LogP contribution in [0.25, 0.3) is 11.0 Å². The molecule has 2 aliphatic rings. The van der Waals surface area contributed by atoms with E-state index < -0.39 is 0 Å². The molecule has 1 atom stereocenters. The first-order valence-electron chi connectivity index (χ1n) is 7.86. The number of carbonyl (C=O) groups is 1. The number of hydrogen-bond donors (Lipinski definition) is 2. The lowest BCUT2D eigenvalue weighted by Gasteiger charge is -2.32. The summed E-state index contributed by atoms with van der Waals surface area (Å²) in [5.41, 5.74) is 2.22. The number of carbonyl (C=O) groups excluding carboxylic acids is 1. The summed E-state index contributed by atoms with van der Waals surface area (Å²) in [6.07, 6.45) is 1.07. The van der Waals surface area contributed by atoms with E-state index >= 15 is 0 Å². The number of rotatable bonds is 2. The van der Waals surface area contributed by atoms with E-state index in [4.69, 9.17) is 0 Å². The van der Waals surface area contributed by atoms with E-state index in [1.54, 1.807) is 0 Å². The number of aromatic nitrogens is 3. The average molecular weight is 300 g/mol. The van der Waals surface area contributed by atoms with Crippen LogP contribution in [0, 0.1) is 0 Å². The second-order valence-corrected chi connectivity index (χ2v) is 6.01. The highest BCUT2D eigenvalue weighted by Crippen LogP contribution is 2.20. The third-order valence-corrected chi connectivity index (χ3v) is 4.68. The molecule has 0 spiro atoms. The molecular weight excluding hydrogens is 280 g/mol. The summed E-state index contributed by atoms with van der Waals surface area (Å²) >= 11 is 0. The van der Waals surface area contributed by atoms with Gasteiger partial charge in [-0.05, 0) is 24.6 Å². The Morgan fingerprint density at radius 2 is 1.95 bits per heavy atom. The van der Waals surface area contributed by atoms with Crippen LogP contribution in [0.1, 0.15) is 16.8 Å². The van der Waals surface area contributed by atoms with Crippen LogP contribution in [0.15, 0.2) is 18.2 Å². The predicted octanol–water partition coefficient (Wildman–Crippen LogP) is 0.0776. The molecule has 7 heteroatoms. The number of likely N-dealkylation sites (tertiary alicyclic amines) is 1. The van der Waals surface area contributed by atoms with Crippen molar-refractivity contribution < 1.29 is 4.79 Å². The number of nitrogens with one attached hydrogen (secondary N) is 2. The summed E-state index contributed by atoms with van der Waals surface area (Å²) in [6, 6.07) is 6.00. The van der Waals surface area contributed by atoms with E-state index in [0.29, 0.717) is 11.6 Å². The zero-order chi connectivity index (χ0) is 14.9. The molecule has 0 bridgehead atoms. The second-order valence-electron chi connectivity index (χ2n) is 6.01. The van der Waals surface area contributed by atoms with Gasteiger partial charge >= 0.3 is 0 Å². The van der Waals surface area contributed by atoms with E-state index in [1.807, 2.05) is 23.1 Å². The van der Waals surface area contributed by atoms with Crippen molar-refractivity contribution in [3.05, 3.63) is 23.8 Å². The molecule has 1 aromatic heterocycles. The Bertz CT molecular complexity index is 677. The molecule has 2 fully saturated rings. The molecule has 2 aliphatic heterocycles. The number of benzene rings is 1. The van der Waals surface area contributed by atoms with E-state index in [2.05, 4.69) is 25.6 Å². The first-order chi connectivity index (χ1) is 10.8. The molecule has 1 aromatic carbocycles. The Balaban J connectivity index is 1.46. The van der Waals surface area contributed by atoms with Crippen molar-refractivity contribution in [2.75, 3.05) is 39.3 Å². The maximum absolute atomic E-state index is 12.7. The number of fused-ring (bicyclic) bond motifs is 1. The molecule has 116 valence electrons. The largest absolute Gasteiger partial charge is 0.337 e. The maximum Gasteiger partial charge on any atom is 0.253 e. The lowest BCUT2D eigenvalue weighted by Crippen LogP contribution is -2.49. The van der Waals surface area contributed by atoms with Crippen LogP contribution in [0.5, 0.6) is 0 Å². The van der Waals surface area contributed by atoms with Gasteiger partial charge in [-0.25, -0.2) is 0 Å². The monoisotopic (exact) mass is 300 g/mol. The second kappa shape index (κ2) is 5.66. The van der Waals surface area contributed by atoms with Gasteiger partial charge in [-0.2, -0.15) is 15.4 Å². The lowest BCUT2D eigenvalue weighted by molar-refractivity contribution is 0.0773. The molecule has 1 amide bonds. The summed E-state index contributed by atoms with van der Waals surface area (Å²) in [5, 5.41) is 14.0. The third-order valence-electron chi connectivity index (χ3n) is 4.68. The molecule has 0 radical (unpaired) electrons. The Hall–Kier alpha value is -1.99. The van der Waals surface area contributed by atoms with Gasteiger partial charge in [0.05, 0.1) is 0 Å². The normalized spacial score (nSPS) is 23.3. The van der Waals surface area contributed by atoms with Crippen LogP contribution < -0.4 is 5.32 Å². The van der Waals surface area contributed by atoms with Crippen molar-refractivity contribution in [1.29, 1.82) is 0 Å². The Morgan fingerprint density at radius 3 is 2.82 bits per heavy atom. The topological polar surface area (TPSA) is 77.2 Å². The highest BCUT2D eigenvalue weighted by atomic mass is 16.2. The van der Waals surface area contributed by atoms with Crippen molar-refractivity contribution in [3.8, 4) is 0 Å². The van der Waals surface area contributed by atoms with E-state index in [-0.39, 0.29) is 5.91 Å². The summed E-state index contributed by atoms with van der Waals surface area (Å²) in [5.74, 6) is 0.0996. The Kier molecular flexibility index (Phi) is 3.51. The molecule has 7 nitrogen and oxygen atoms in total. The zero-order valence-electron chi connectivity index (χ0n) is 12.5. The smallest absolute Gasteiger partial charge is 0.253 e. The molecule has 2 aromatic rings. The van der Waals surface area contributed by atoms with Gasteiger partial charge in [0.25, 0.3) is 5.91 Å². The number of aromatic amines is 1. The fourth-order valence-electron chi connectivity index (χ4n) is 3.43. The third kappa shape index (κ3) is 2.46. The van der Waals surface area contributed by atoms with Gasteiger partial charge in [0.1, 0.15) is 11.0 Å². The Labute approximate surface area is 128 Å². The fraction of sp³-hybridized carbons (Fsp3) is 0.533. The van der Waals surface area contributed by atoms with Crippen LogP contribution >= 0.6 is 0 Å². The molecule has 2 N–H and O–H groups in total. The molecular formula is C15H20N6O. The Morgan fingerprint density at radius 1 is 1.14 bits per heavy atom. The van der Waals surface area contributed by atoms with Gasteiger partial charge in [-0.15, -0.1) is 0 Å². The summed E-state index contributed by atoms with van der Waals surface area (Å²) in [6.45, 7) is 5.93. The summed E-state index contributed by atoms with van der Waals surface area (Å²) in [7, 11) is 0. The average Bonchev–Trinajstić information content (AvgIpc) is 3.23. The van der Waals surface area contributed by atoms with E-state index in [0.717, 1.165) is 56.7 Å². The molecule has 2 saturated heterocycles. The summed E-state index contributed by atoms with van der Waals surface area (Å²) in [4.78, 5) is 17.1. The van der Waals surface area contributed by atoms with Crippen molar-refractivity contribution in [3.63, 3.8) is 0 Å². The molecule has 3 heterocycles. The number of piperazine rings is 1. The zero-order valence-corrected chi connectivity index (χ0v) is 12.5. The van der Waals surface area contributed by atoms with Gasteiger partial charge in [-0.3, -0.25) is 9.69 Å². The molecule has 1 unspecified atom stereocenters. The number of nitrogens with zero attached hydrogens (tertiary/aromatic N) is 4. The first kappa shape index (κ1) is 13.7. The minimum absolute atomic E-state index is 0.0996. The predicted molar refractivity (Wildman–Crippen MR) is 82.6 cm³/mol. The van der Waals surface area contributed by atoms with Crippen LogP contribution in [0.2, 0.25) is 0 Å². The highest BCUT2D eigenvalue weighted by Gasteiger charge is 2.31. The van der Waals surface area contributed by atoms with E-state index in [9.17, 15) is 4.79 Å². The van der Waals surface area contributed by atoms with Crippen LogP contribution in [-0.2, 0) is 0 Å². The SMILES string of the molecule is O=C(c1ccc2n[nH]nc2c1)N1CCC(N2CCNCC2)C1. The number of hydrogen-bond acceptors (Lipinski definition) is 5. The van der Waals surface area contributed by atoms with Crippen LogP contribution in [-0.4, -0.2) is 76.4 Å². The van der Waals surface area contributed by atoms with Crippen molar-refractivity contribution in [2.45, 2.75) is 12.5 Å². The lowest BCUT2D eigenvalue weighted by atomic mass is 10.1. The van der Waals surface area contributed by atoms with Gasteiger partial charge in [0.15, 0.2) is 0 Å². The van der Waals surface area contributed by atoms with Crippen molar-refractivity contribution in [2.24, 2.45) is 0 Å². The molecule has 22 heavy (non-hydrogen) atoms. The van der Waals surface area contributed by atoms with Gasteiger partial charge in [-0.1, -0.05) is 0 Å².